The largest absolute Gasteiger partial charge is 0.341 e. The van der Waals surface area contributed by atoms with Crippen LogP contribution < -0.4 is 0 Å². The highest BCUT2D eigenvalue weighted by atomic mass is 35.5. The van der Waals surface area contributed by atoms with Crippen molar-refractivity contribution in [3.63, 3.8) is 0 Å². The molecular formula is C21H31ClN2OS. The topological polar surface area (TPSA) is 23.6 Å². The van der Waals surface area contributed by atoms with E-state index in [1.54, 1.807) is 11.3 Å². The summed E-state index contributed by atoms with van der Waals surface area (Å²) in [5.74, 6) is 0.253. The molecule has 1 aliphatic rings. The summed E-state index contributed by atoms with van der Waals surface area (Å²) < 4.78 is 1.27. The summed E-state index contributed by atoms with van der Waals surface area (Å²) in [5.41, 5.74) is 1.16. The average Bonchev–Trinajstić information content (AvgIpc) is 3.12. The fourth-order valence-electron chi connectivity index (χ4n) is 4.35. The number of hydrogen-bond donors (Lipinski definition) is 0. The Morgan fingerprint density at radius 3 is 2.50 bits per heavy atom. The Morgan fingerprint density at radius 2 is 1.81 bits per heavy atom. The van der Waals surface area contributed by atoms with E-state index in [2.05, 4.69) is 48.4 Å². The van der Waals surface area contributed by atoms with Crippen LogP contribution in [0.3, 0.4) is 0 Å². The first-order valence-electron chi connectivity index (χ1n) is 9.60. The average molecular weight is 395 g/mol. The summed E-state index contributed by atoms with van der Waals surface area (Å²) in [6.07, 6.45) is 5.37. The number of carbonyl (C=O) groups is 1. The molecule has 0 radical (unpaired) electrons. The van der Waals surface area contributed by atoms with E-state index in [-0.39, 0.29) is 18.3 Å². The van der Waals surface area contributed by atoms with Gasteiger partial charge in [-0.05, 0) is 54.4 Å². The van der Waals surface area contributed by atoms with Gasteiger partial charge in [0.15, 0.2) is 0 Å². The number of fused-ring (bicyclic) bond motifs is 1. The Kier molecular flexibility index (Phi) is 7.93. The van der Waals surface area contributed by atoms with Gasteiger partial charge in [0.25, 0.3) is 0 Å². The molecule has 0 aliphatic heterocycles. The van der Waals surface area contributed by atoms with Gasteiger partial charge in [0, 0.05) is 23.8 Å². The number of hydrogen-bond acceptors (Lipinski definition) is 3. The minimum Gasteiger partial charge on any atom is -0.341 e. The molecule has 2 aromatic rings. The predicted octanol–water partition coefficient (Wildman–Crippen LogP) is 4.98. The molecule has 0 N–H and O–H groups in total. The maximum absolute atomic E-state index is 13.0. The summed E-state index contributed by atoms with van der Waals surface area (Å²) in [6, 6.07) is 9.30. The lowest BCUT2D eigenvalue weighted by atomic mass is 9.87. The lowest BCUT2D eigenvalue weighted by Gasteiger charge is -2.43. The van der Waals surface area contributed by atoms with E-state index in [0.717, 1.165) is 25.1 Å². The van der Waals surface area contributed by atoms with Gasteiger partial charge in [-0.15, -0.1) is 23.7 Å². The Balaban J connectivity index is 0.00000243. The van der Waals surface area contributed by atoms with E-state index < -0.39 is 0 Å². The zero-order chi connectivity index (χ0) is 17.8. The lowest BCUT2D eigenvalue weighted by molar-refractivity contribution is -0.133. The van der Waals surface area contributed by atoms with Crippen LogP contribution in [0.1, 0.15) is 45.1 Å². The van der Waals surface area contributed by atoms with Crippen molar-refractivity contribution in [2.45, 2.75) is 58.0 Å². The van der Waals surface area contributed by atoms with E-state index in [4.69, 9.17) is 0 Å². The first kappa shape index (κ1) is 21.2. The van der Waals surface area contributed by atoms with Crippen molar-refractivity contribution in [2.75, 3.05) is 20.1 Å². The second-order valence-corrected chi connectivity index (χ2v) is 8.02. The van der Waals surface area contributed by atoms with Gasteiger partial charge in [-0.2, -0.15) is 0 Å². The van der Waals surface area contributed by atoms with Crippen molar-refractivity contribution in [3.05, 3.63) is 35.2 Å². The van der Waals surface area contributed by atoms with Crippen molar-refractivity contribution in [2.24, 2.45) is 0 Å². The highest BCUT2D eigenvalue weighted by Crippen LogP contribution is 2.28. The first-order valence-corrected chi connectivity index (χ1v) is 10.5. The molecule has 144 valence electrons. The molecule has 1 aliphatic carbocycles. The second kappa shape index (κ2) is 9.72. The first-order chi connectivity index (χ1) is 12.2. The fourth-order valence-corrected chi connectivity index (χ4v) is 5.18. The predicted molar refractivity (Wildman–Crippen MR) is 115 cm³/mol. The van der Waals surface area contributed by atoms with Crippen molar-refractivity contribution >= 4 is 39.7 Å². The SMILES string of the molecule is CCN(CC)[C@@H]1CCCC[C@H]1N(C)C(=O)Cc1cccc2sccc12.Cl. The zero-order valence-corrected chi connectivity index (χ0v) is 17.7. The van der Waals surface area contributed by atoms with Gasteiger partial charge < -0.3 is 4.90 Å². The number of carbonyl (C=O) groups excluding carboxylic acids is 1. The molecule has 1 fully saturated rings. The number of amides is 1. The van der Waals surface area contributed by atoms with Gasteiger partial charge in [-0.1, -0.05) is 38.8 Å². The second-order valence-electron chi connectivity index (χ2n) is 7.07. The molecule has 0 unspecified atom stereocenters. The van der Waals surface area contributed by atoms with E-state index in [1.807, 2.05) is 11.9 Å². The summed E-state index contributed by atoms with van der Waals surface area (Å²) in [7, 11) is 2.02. The van der Waals surface area contributed by atoms with Crippen LogP contribution in [0.4, 0.5) is 0 Å². The number of nitrogens with zero attached hydrogens (tertiary/aromatic N) is 2. The van der Waals surface area contributed by atoms with Crippen molar-refractivity contribution in [1.29, 1.82) is 0 Å². The standard InChI is InChI=1S/C21H30N2OS.ClH/c1-4-23(5-2)19-11-7-6-10-18(19)22(3)21(24)15-16-9-8-12-20-17(16)13-14-25-20;/h8-9,12-14,18-19H,4-7,10-11,15H2,1-3H3;1H/t18-,19-;/m1./s1. The Bertz CT molecular complexity index is 713. The molecule has 3 rings (SSSR count). The molecule has 1 heterocycles. The molecule has 1 saturated carbocycles. The summed E-state index contributed by atoms with van der Waals surface area (Å²) in [6.45, 7) is 6.59. The van der Waals surface area contributed by atoms with Crippen LogP contribution in [0.5, 0.6) is 0 Å². The molecule has 0 spiro atoms. The third-order valence-corrected chi connectivity index (χ3v) is 6.68. The summed E-state index contributed by atoms with van der Waals surface area (Å²) in [4.78, 5) is 17.6. The maximum Gasteiger partial charge on any atom is 0.227 e. The third kappa shape index (κ3) is 4.41. The molecule has 1 amide bonds. The molecular weight excluding hydrogens is 364 g/mol. The number of likely N-dealkylation sites (N-methyl/N-ethyl adjacent to an activating group) is 2. The van der Waals surface area contributed by atoms with E-state index >= 15 is 0 Å². The van der Waals surface area contributed by atoms with Crippen LogP contribution in [0, 0.1) is 0 Å². The molecule has 5 heteroatoms. The fraction of sp³-hybridized carbons (Fsp3) is 0.571. The Morgan fingerprint density at radius 1 is 1.12 bits per heavy atom. The number of halogens is 1. The normalized spacial score (nSPS) is 20.2. The summed E-state index contributed by atoms with van der Waals surface area (Å²) in [5, 5.41) is 3.35. The smallest absolute Gasteiger partial charge is 0.227 e. The third-order valence-electron chi connectivity index (χ3n) is 5.79. The van der Waals surface area contributed by atoms with Crippen LogP contribution >= 0.6 is 23.7 Å². The van der Waals surface area contributed by atoms with Crippen LogP contribution in [0.15, 0.2) is 29.6 Å². The quantitative estimate of drug-likeness (QED) is 0.689. The monoisotopic (exact) mass is 394 g/mol. The van der Waals surface area contributed by atoms with Crippen LogP contribution in [-0.4, -0.2) is 47.9 Å². The van der Waals surface area contributed by atoms with E-state index in [0.29, 0.717) is 18.5 Å². The van der Waals surface area contributed by atoms with Gasteiger partial charge in [-0.3, -0.25) is 9.69 Å². The zero-order valence-electron chi connectivity index (χ0n) is 16.1. The van der Waals surface area contributed by atoms with Crippen molar-refractivity contribution in [1.82, 2.24) is 9.80 Å². The molecule has 2 atom stereocenters. The highest BCUT2D eigenvalue weighted by Gasteiger charge is 2.33. The molecule has 3 nitrogen and oxygen atoms in total. The number of thiophene rings is 1. The minimum atomic E-state index is 0. The van der Waals surface area contributed by atoms with Gasteiger partial charge in [0.2, 0.25) is 5.91 Å². The van der Waals surface area contributed by atoms with Gasteiger partial charge in [-0.25, -0.2) is 0 Å². The maximum atomic E-state index is 13.0. The molecule has 0 saturated heterocycles. The van der Waals surface area contributed by atoms with Gasteiger partial charge in [0.1, 0.15) is 0 Å². The van der Waals surface area contributed by atoms with E-state index in [1.165, 1.54) is 29.3 Å². The molecule has 0 bridgehead atoms. The molecule has 1 aromatic carbocycles. The summed E-state index contributed by atoms with van der Waals surface area (Å²) >= 11 is 1.74. The van der Waals surface area contributed by atoms with E-state index in [9.17, 15) is 4.79 Å². The minimum absolute atomic E-state index is 0. The Hall–Kier alpha value is -1.10. The van der Waals surface area contributed by atoms with Crippen molar-refractivity contribution < 1.29 is 4.79 Å². The van der Waals surface area contributed by atoms with Crippen LogP contribution in [0.25, 0.3) is 10.1 Å². The van der Waals surface area contributed by atoms with Crippen LogP contribution in [0.2, 0.25) is 0 Å². The number of benzene rings is 1. The molecule has 1 aromatic heterocycles. The Labute approximate surface area is 167 Å². The van der Waals surface area contributed by atoms with Crippen LogP contribution in [-0.2, 0) is 11.2 Å². The van der Waals surface area contributed by atoms with Crippen molar-refractivity contribution in [3.8, 4) is 0 Å². The highest BCUT2D eigenvalue weighted by molar-refractivity contribution is 7.17. The molecule has 26 heavy (non-hydrogen) atoms. The number of rotatable bonds is 6. The van der Waals surface area contributed by atoms with Gasteiger partial charge >= 0.3 is 0 Å². The lowest BCUT2D eigenvalue weighted by Crippen LogP contribution is -2.54. The van der Waals surface area contributed by atoms with Gasteiger partial charge in [0.05, 0.1) is 6.42 Å².